The SMILES string of the molecule is CC[C@H](NC(=O)CS(=O)(=O)C(C)C)c1ncc(-c2ccccc2)[nH]1. The molecule has 7 heteroatoms. The topological polar surface area (TPSA) is 91.9 Å². The molecule has 1 amide bonds. The second kappa shape index (κ2) is 7.61. The van der Waals surface area contributed by atoms with Crippen LogP contribution in [0.3, 0.4) is 0 Å². The zero-order chi connectivity index (χ0) is 17.7. The summed E-state index contributed by atoms with van der Waals surface area (Å²) in [4.78, 5) is 19.6. The maximum absolute atomic E-state index is 12.1. The maximum Gasteiger partial charge on any atom is 0.235 e. The molecule has 2 aromatic rings. The normalized spacial score (nSPS) is 13.0. The fourth-order valence-corrected chi connectivity index (χ4v) is 3.01. The fraction of sp³-hybridized carbons (Fsp3) is 0.412. The van der Waals surface area contributed by atoms with Crippen molar-refractivity contribution in [1.82, 2.24) is 15.3 Å². The first kappa shape index (κ1) is 18.2. The minimum absolute atomic E-state index is 0.350. The summed E-state index contributed by atoms with van der Waals surface area (Å²) in [7, 11) is -3.41. The predicted octanol–water partition coefficient (Wildman–Crippen LogP) is 2.47. The highest BCUT2D eigenvalue weighted by molar-refractivity contribution is 7.92. The van der Waals surface area contributed by atoms with Crippen LogP contribution in [0.15, 0.2) is 36.5 Å². The summed E-state index contributed by atoms with van der Waals surface area (Å²) in [5, 5.41) is 2.17. The molecule has 0 aliphatic heterocycles. The Morgan fingerprint density at radius 3 is 2.50 bits per heavy atom. The Hall–Kier alpha value is -2.15. The summed E-state index contributed by atoms with van der Waals surface area (Å²) in [6, 6.07) is 9.39. The van der Waals surface area contributed by atoms with Crippen molar-refractivity contribution in [3.8, 4) is 11.3 Å². The van der Waals surface area contributed by atoms with Crippen LogP contribution in [0.4, 0.5) is 0 Å². The maximum atomic E-state index is 12.1. The molecule has 0 aliphatic rings. The average Bonchev–Trinajstić information content (AvgIpc) is 3.02. The van der Waals surface area contributed by atoms with Crippen LogP contribution in [0, 0.1) is 0 Å². The summed E-state index contributed by atoms with van der Waals surface area (Å²) >= 11 is 0. The van der Waals surface area contributed by atoms with Gasteiger partial charge >= 0.3 is 0 Å². The molecule has 0 fully saturated rings. The van der Waals surface area contributed by atoms with Gasteiger partial charge in [0.2, 0.25) is 5.91 Å². The standard InChI is InChI=1S/C17H23N3O3S/c1-4-14(19-16(21)11-24(22,23)12(2)3)17-18-10-15(20-17)13-8-6-5-7-9-13/h5-10,12,14H,4,11H2,1-3H3,(H,18,20)(H,19,21)/t14-/m0/s1. The smallest absolute Gasteiger partial charge is 0.235 e. The number of aromatic amines is 1. The lowest BCUT2D eigenvalue weighted by Crippen LogP contribution is -2.35. The lowest BCUT2D eigenvalue weighted by molar-refractivity contribution is -0.119. The second-order valence-corrected chi connectivity index (χ2v) is 8.49. The van der Waals surface area contributed by atoms with Crippen molar-refractivity contribution >= 4 is 15.7 Å². The van der Waals surface area contributed by atoms with E-state index in [1.807, 2.05) is 37.3 Å². The van der Waals surface area contributed by atoms with E-state index in [1.54, 1.807) is 20.0 Å². The Kier molecular flexibility index (Phi) is 5.77. The number of amides is 1. The highest BCUT2D eigenvalue weighted by atomic mass is 32.2. The van der Waals surface area contributed by atoms with E-state index in [0.717, 1.165) is 11.3 Å². The summed E-state index contributed by atoms with van der Waals surface area (Å²) in [5.41, 5.74) is 1.85. The molecule has 6 nitrogen and oxygen atoms in total. The Morgan fingerprint density at radius 2 is 1.92 bits per heavy atom. The molecule has 2 N–H and O–H groups in total. The van der Waals surface area contributed by atoms with Gasteiger partial charge in [-0.2, -0.15) is 0 Å². The third kappa shape index (κ3) is 4.44. The van der Waals surface area contributed by atoms with Gasteiger partial charge in [0.15, 0.2) is 9.84 Å². The molecule has 0 saturated heterocycles. The van der Waals surface area contributed by atoms with Crippen LogP contribution in [0.5, 0.6) is 0 Å². The minimum Gasteiger partial charge on any atom is -0.345 e. The minimum atomic E-state index is -3.41. The molecule has 1 aromatic carbocycles. The number of hydrogen-bond donors (Lipinski definition) is 2. The fourth-order valence-electron chi connectivity index (χ4n) is 2.23. The number of hydrogen-bond acceptors (Lipinski definition) is 4. The molecule has 0 bridgehead atoms. The number of aromatic nitrogens is 2. The molecular weight excluding hydrogens is 326 g/mol. The quantitative estimate of drug-likeness (QED) is 0.803. The van der Waals surface area contributed by atoms with Crippen LogP contribution >= 0.6 is 0 Å². The number of carbonyl (C=O) groups excluding carboxylic acids is 1. The molecule has 1 heterocycles. The number of sulfone groups is 1. The van der Waals surface area contributed by atoms with Gasteiger partial charge in [0.05, 0.1) is 23.2 Å². The molecule has 1 atom stereocenters. The average molecular weight is 349 g/mol. The zero-order valence-electron chi connectivity index (χ0n) is 14.1. The van der Waals surface area contributed by atoms with Crippen LogP contribution < -0.4 is 5.32 Å². The number of nitrogens with one attached hydrogen (secondary N) is 2. The first-order valence-corrected chi connectivity index (χ1v) is 9.66. The Balaban J connectivity index is 2.10. The van der Waals surface area contributed by atoms with Gasteiger partial charge in [0.1, 0.15) is 11.6 Å². The van der Waals surface area contributed by atoms with Gasteiger partial charge in [0.25, 0.3) is 0 Å². The molecule has 0 radical (unpaired) electrons. The van der Waals surface area contributed by atoms with Gasteiger partial charge < -0.3 is 10.3 Å². The largest absolute Gasteiger partial charge is 0.345 e. The number of imidazole rings is 1. The van der Waals surface area contributed by atoms with Crippen LogP contribution in [0.25, 0.3) is 11.3 Å². The van der Waals surface area contributed by atoms with Gasteiger partial charge in [-0.05, 0) is 25.8 Å². The first-order chi connectivity index (χ1) is 11.3. The summed E-state index contributed by atoms with van der Waals surface area (Å²) in [6.07, 6.45) is 2.32. The van der Waals surface area contributed by atoms with E-state index in [1.165, 1.54) is 0 Å². The molecule has 24 heavy (non-hydrogen) atoms. The van der Waals surface area contributed by atoms with Crippen molar-refractivity contribution in [2.45, 2.75) is 38.5 Å². The Labute approximate surface area is 142 Å². The second-order valence-electron chi connectivity index (χ2n) is 5.93. The summed E-state index contributed by atoms with van der Waals surface area (Å²) < 4.78 is 23.7. The van der Waals surface area contributed by atoms with Crippen LogP contribution in [-0.4, -0.2) is 35.3 Å². The van der Waals surface area contributed by atoms with Crippen LogP contribution in [-0.2, 0) is 14.6 Å². The third-order valence-electron chi connectivity index (χ3n) is 3.80. The van der Waals surface area contributed by atoms with Gasteiger partial charge in [-0.25, -0.2) is 13.4 Å². The van der Waals surface area contributed by atoms with Gasteiger partial charge in [-0.15, -0.1) is 0 Å². The third-order valence-corrected chi connectivity index (χ3v) is 5.91. The Bertz CT molecular complexity index is 782. The summed E-state index contributed by atoms with van der Waals surface area (Å²) in [5.74, 6) is -0.396. The lowest BCUT2D eigenvalue weighted by Gasteiger charge is -2.15. The number of carbonyl (C=O) groups is 1. The highest BCUT2D eigenvalue weighted by Crippen LogP contribution is 2.20. The highest BCUT2D eigenvalue weighted by Gasteiger charge is 2.23. The van der Waals surface area contributed by atoms with Crippen LogP contribution in [0.2, 0.25) is 0 Å². The number of nitrogens with zero attached hydrogens (tertiary/aromatic N) is 1. The monoisotopic (exact) mass is 349 g/mol. The van der Waals surface area contributed by atoms with E-state index in [-0.39, 0.29) is 6.04 Å². The number of H-pyrrole nitrogens is 1. The molecule has 130 valence electrons. The molecule has 2 rings (SSSR count). The van der Waals surface area contributed by atoms with Crippen molar-refractivity contribution in [2.24, 2.45) is 0 Å². The molecule has 0 spiro atoms. The van der Waals surface area contributed by atoms with Crippen molar-refractivity contribution < 1.29 is 13.2 Å². The zero-order valence-corrected chi connectivity index (χ0v) is 14.9. The van der Waals surface area contributed by atoms with E-state index >= 15 is 0 Å². The van der Waals surface area contributed by atoms with Gasteiger partial charge in [0, 0.05) is 0 Å². The van der Waals surface area contributed by atoms with Crippen molar-refractivity contribution in [2.75, 3.05) is 5.75 Å². The number of rotatable bonds is 7. The van der Waals surface area contributed by atoms with Crippen molar-refractivity contribution in [3.05, 3.63) is 42.4 Å². The van der Waals surface area contributed by atoms with Crippen molar-refractivity contribution in [3.63, 3.8) is 0 Å². The predicted molar refractivity (Wildman–Crippen MR) is 94.1 cm³/mol. The van der Waals surface area contributed by atoms with E-state index in [2.05, 4.69) is 15.3 Å². The number of benzene rings is 1. The van der Waals surface area contributed by atoms with E-state index < -0.39 is 26.7 Å². The van der Waals surface area contributed by atoms with Gasteiger partial charge in [-0.3, -0.25) is 4.79 Å². The lowest BCUT2D eigenvalue weighted by atomic mass is 10.2. The van der Waals surface area contributed by atoms with Gasteiger partial charge in [-0.1, -0.05) is 37.3 Å². The molecular formula is C17H23N3O3S. The first-order valence-electron chi connectivity index (χ1n) is 7.94. The van der Waals surface area contributed by atoms with E-state index in [9.17, 15) is 13.2 Å². The van der Waals surface area contributed by atoms with Crippen molar-refractivity contribution in [1.29, 1.82) is 0 Å². The molecule has 0 unspecified atom stereocenters. The van der Waals surface area contributed by atoms with E-state index in [4.69, 9.17) is 0 Å². The molecule has 0 aliphatic carbocycles. The van der Waals surface area contributed by atoms with E-state index in [0.29, 0.717) is 12.2 Å². The summed E-state index contributed by atoms with van der Waals surface area (Å²) in [6.45, 7) is 5.05. The molecule has 1 aromatic heterocycles. The molecule has 0 saturated carbocycles. The van der Waals surface area contributed by atoms with Crippen LogP contribution in [0.1, 0.15) is 39.1 Å². The Morgan fingerprint density at radius 1 is 1.25 bits per heavy atom.